The fourth-order valence-electron chi connectivity index (χ4n) is 2.74. The van der Waals surface area contributed by atoms with Crippen LogP contribution in [0.5, 0.6) is 0 Å². The molecule has 5 heteroatoms. The SMILES string of the molecule is CC(Cl)c1nc2cc(I)c(F)cc2n1CC(C)C1CC1. The average Bonchev–Trinajstić information content (AvgIpc) is 3.17. The number of benzene rings is 1. The molecule has 1 heterocycles. The van der Waals surface area contributed by atoms with Crippen LogP contribution in [-0.2, 0) is 6.54 Å². The van der Waals surface area contributed by atoms with Gasteiger partial charge in [0.2, 0.25) is 0 Å². The Balaban J connectivity index is 2.09. The number of halogens is 3. The van der Waals surface area contributed by atoms with Crippen molar-refractivity contribution in [1.82, 2.24) is 9.55 Å². The summed E-state index contributed by atoms with van der Waals surface area (Å²) in [5.74, 6) is 2.05. The van der Waals surface area contributed by atoms with Crippen LogP contribution < -0.4 is 0 Å². The standard InChI is InChI=1S/C15H17ClFIN2/c1-8(10-3-4-10)7-20-14-5-11(17)12(18)6-13(14)19-15(20)9(2)16/h5-6,8-10H,3-4,7H2,1-2H3. The molecule has 0 spiro atoms. The van der Waals surface area contributed by atoms with E-state index in [9.17, 15) is 4.39 Å². The molecule has 0 saturated heterocycles. The van der Waals surface area contributed by atoms with Crippen molar-refractivity contribution < 1.29 is 4.39 Å². The molecule has 0 amide bonds. The normalized spacial score (nSPS) is 18.4. The van der Waals surface area contributed by atoms with Crippen molar-refractivity contribution >= 4 is 45.2 Å². The Hall–Kier alpha value is -0.360. The molecule has 2 unspecified atom stereocenters. The lowest BCUT2D eigenvalue weighted by molar-refractivity contribution is 0.428. The van der Waals surface area contributed by atoms with Crippen LogP contribution in [0.4, 0.5) is 4.39 Å². The number of aromatic nitrogens is 2. The first-order chi connectivity index (χ1) is 9.47. The summed E-state index contributed by atoms with van der Waals surface area (Å²) >= 11 is 8.26. The van der Waals surface area contributed by atoms with Crippen LogP contribution in [0.3, 0.4) is 0 Å². The summed E-state index contributed by atoms with van der Waals surface area (Å²) < 4.78 is 16.6. The van der Waals surface area contributed by atoms with Gasteiger partial charge in [-0.25, -0.2) is 9.37 Å². The predicted octanol–water partition coefficient (Wildman–Crippen LogP) is 5.13. The summed E-state index contributed by atoms with van der Waals surface area (Å²) in [5, 5.41) is -0.172. The molecule has 2 atom stereocenters. The molecular formula is C15H17ClFIN2. The van der Waals surface area contributed by atoms with E-state index in [4.69, 9.17) is 11.6 Å². The summed E-state index contributed by atoms with van der Waals surface area (Å²) in [6.07, 6.45) is 2.62. The molecule has 0 bridgehead atoms. The molecule has 3 rings (SSSR count). The van der Waals surface area contributed by atoms with Gasteiger partial charge in [0.25, 0.3) is 0 Å². The molecule has 1 saturated carbocycles. The zero-order chi connectivity index (χ0) is 14.4. The maximum atomic E-state index is 13.9. The van der Waals surface area contributed by atoms with Gasteiger partial charge in [0.05, 0.1) is 20.0 Å². The minimum Gasteiger partial charge on any atom is -0.326 e. The third-order valence-electron chi connectivity index (χ3n) is 4.07. The van der Waals surface area contributed by atoms with Crippen LogP contribution >= 0.6 is 34.2 Å². The van der Waals surface area contributed by atoms with Crippen molar-refractivity contribution in [3.63, 3.8) is 0 Å². The maximum absolute atomic E-state index is 13.9. The van der Waals surface area contributed by atoms with E-state index >= 15 is 0 Å². The fourth-order valence-corrected chi connectivity index (χ4v) is 3.35. The highest BCUT2D eigenvalue weighted by molar-refractivity contribution is 14.1. The number of imidazole rings is 1. The van der Waals surface area contributed by atoms with Gasteiger partial charge < -0.3 is 4.57 Å². The number of alkyl halides is 1. The van der Waals surface area contributed by atoms with Crippen molar-refractivity contribution in [3.05, 3.63) is 27.3 Å². The van der Waals surface area contributed by atoms with E-state index in [1.807, 2.05) is 29.5 Å². The van der Waals surface area contributed by atoms with E-state index in [-0.39, 0.29) is 11.2 Å². The van der Waals surface area contributed by atoms with E-state index in [2.05, 4.69) is 16.5 Å². The van der Waals surface area contributed by atoms with Crippen molar-refractivity contribution in [1.29, 1.82) is 0 Å². The van der Waals surface area contributed by atoms with Gasteiger partial charge in [0.1, 0.15) is 11.6 Å². The van der Waals surface area contributed by atoms with E-state index in [1.165, 1.54) is 12.8 Å². The highest BCUT2D eigenvalue weighted by Gasteiger charge is 2.29. The molecule has 2 nitrogen and oxygen atoms in total. The van der Waals surface area contributed by atoms with Crippen LogP contribution in [-0.4, -0.2) is 9.55 Å². The Morgan fingerprint density at radius 3 is 2.75 bits per heavy atom. The Morgan fingerprint density at radius 1 is 1.45 bits per heavy atom. The number of fused-ring (bicyclic) bond motifs is 1. The number of hydrogen-bond donors (Lipinski definition) is 0. The van der Waals surface area contributed by atoms with Gasteiger partial charge in [0, 0.05) is 12.6 Å². The summed E-state index contributed by atoms with van der Waals surface area (Å²) in [6, 6.07) is 3.39. The fraction of sp³-hybridized carbons (Fsp3) is 0.533. The zero-order valence-electron chi connectivity index (χ0n) is 11.5. The molecule has 1 aromatic heterocycles. The van der Waals surface area contributed by atoms with Crippen molar-refractivity contribution in [2.45, 2.75) is 38.6 Å². The molecule has 0 radical (unpaired) electrons. The second-order valence-electron chi connectivity index (χ2n) is 5.77. The molecule has 1 aliphatic rings. The third-order valence-corrected chi connectivity index (χ3v) is 5.09. The highest BCUT2D eigenvalue weighted by atomic mass is 127. The van der Waals surface area contributed by atoms with Gasteiger partial charge in [-0.1, -0.05) is 6.92 Å². The Morgan fingerprint density at radius 2 is 2.15 bits per heavy atom. The Kier molecular flexibility index (Phi) is 3.97. The number of hydrogen-bond acceptors (Lipinski definition) is 1. The largest absolute Gasteiger partial charge is 0.326 e. The highest BCUT2D eigenvalue weighted by Crippen LogP contribution is 2.38. The zero-order valence-corrected chi connectivity index (χ0v) is 14.4. The van der Waals surface area contributed by atoms with E-state index in [1.54, 1.807) is 12.1 Å². The Labute approximate surface area is 136 Å². The topological polar surface area (TPSA) is 17.8 Å². The first-order valence-electron chi connectivity index (χ1n) is 6.96. The second-order valence-corrected chi connectivity index (χ2v) is 7.58. The van der Waals surface area contributed by atoms with Crippen molar-refractivity contribution in [2.75, 3.05) is 0 Å². The monoisotopic (exact) mass is 406 g/mol. The van der Waals surface area contributed by atoms with Crippen LogP contribution in [0, 0.1) is 21.2 Å². The van der Waals surface area contributed by atoms with E-state index in [0.29, 0.717) is 9.49 Å². The predicted molar refractivity (Wildman–Crippen MR) is 88.6 cm³/mol. The van der Waals surface area contributed by atoms with E-state index in [0.717, 1.165) is 29.3 Å². The first-order valence-corrected chi connectivity index (χ1v) is 8.48. The molecule has 20 heavy (non-hydrogen) atoms. The second kappa shape index (κ2) is 5.44. The smallest absolute Gasteiger partial charge is 0.138 e. The lowest BCUT2D eigenvalue weighted by Crippen LogP contribution is -2.12. The van der Waals surface area contributed by atoms with Crippen molar-refractivity contribution in [3.8, 4) is 0 Å². The van der Waals surface area contributed by atoms with Gasteiger partial charge in [-0.3, -0.25) is 0 Å². The number of nitrogens with zero attached hydrogens (tertiary/aromatic N) is 2. The average molecular weight is 407 g/mol. The van der Waals surface area contributed by atoms with Gasteiger partial charge >= 0.3 is 0 Å². The molecule has 0 N–H and O–H groups in total. The van der Waals surface area contributed by atoms with Gasteiger partial charge in [-0.05, 0) is 60.3 Å². The van der Waals surface area contributed by atoms with Gasteiger partial charge in [-0.15, -0.1) is 11.6 Å². The van der Waals surface area contributed by atoms with Crippen LogP contribution in [0.25, 0.3) is 11.0 Å². The van der Waals surface area contributed by atoms with Crippen molar-refractivity contribution in [2.24, 2.45) is 11.8 Å². The molecule has 1 fully saturated rings. The van der Waals surface area contributed by atoms with Crippen LogP contribution in [0.2, 0.25) is 0 Å². The van der Waals surface area contributed by atoms with Gasteiger partial charge in [0.15, 0.2) is 0 Å². The summed E-state index contributed by atoms with van der Waals surface area (Å²) in [6.45, 7) is 5.05. The summed E-state index contributed by atoms with van der Waals surface area (Å²) in [4.78, 5) is 4.61. The lowest BCUT2D eigenvalue weighted by atomic mass is 10.1. The molecule has 0 aliphatic heterocycles. The van der Waals surface area contributed by atoms with Crippen LogP contribution in [0.1, 0.15) is 37.9 Å². The molecule has 1 aliphatic carbocycles. The van der Waals surface area contributed by atoms with Gasteiger partial charge in [-0.2, -0.15) is 0 Å². The van der Waals surface area contributed by atoms with Crippen LogP contribution in [0.15, 0.2) is 12.1 Å². The number of rotatable bonds is 4. The summed E-state index contributed by atoms with van der Waals surface area (Å²) in [7, 11) is 0. The molecule has 1 aromatic carbocycles. The molecule has 108 valence electrons. The quantitative estimate of drug-likeness (QED) is 0.509. The summed E-state index contributed by atoms with van der Waals surface area (Å²) in [5.41, 5.74) is 1.69. The first kappa shape index (κ1) is 14.6. The minimum absolute atomic E-state index is 0.172. The lowest BCUT2D eigenvalue weighted by Gasteiger charge is -2.15. The third kappa shape index (κ3) is 2.69. The minimum atomic E-state index is -0.188. The molecular weight excluding hydrogens is 390 g/mol. The molecule has 2 aromatic rings. The Bertz CT molecular complexity index is 649. The maximum Gasteiger partial charge on any atom is 0.138 e. The van der Waals surface area contributed by atoms with E-state index < -0.39 is 0 Å².